The van der Waals surface area contributed by atoms with E-state index in [0.29, 0.717) is 12.1 Å². The molecule has 5 heteroatoms. The SMILES string of the molecule is O=C(O)CCCCCCn1cccc1C(=O)Nc1ccccc1. The van der Waals surface area contributed by atoms with E-state index >= 15 is 0 Å². The predicted molar refractivity (Wildman–Crippen MR) is 89.5 cm³/mol. The van der Waals surface area contributed by atoms with Gasteiger partial charge in [-0.2, -0.15) is 0 Å². The molecule has 1 aromatic heterocycles. The molecule has 2 N–H and O–H groups in total. The Morgan fingerprint density at radius 1 is 0.957 bits per heavy atom. The summed E-state index contributed by atoms with van der Waals surface area (Å²) in [5.74, 6) is -0.859. The fourth-order valence-corrected chi connectivity index (χ4v) is 2.44. The number of aryl methyl sites for hydroxylation is 1. The molecule has 122 valence electrons. The number of carboxylic acid groups (broad SMARTS) is 1. The highest BCUT2D eigenvalue weighted by molar-refractivity contribution is 6.03. The average molecular weight is 314 g/mol. The predicted octanol–water partition coefficient (Wildman–Crippen LogP) is 3.78. The Hall–Kier alpha value is -2.56. The maximum atomic E-state index is 12.3. The number of aliphatic carboxylic acids is 1. The second kappa shape index (κ2) is 8.78. The van der Waals surface area contributed by atoms with Gasteiger partial charge in [0, 0.05) is 24.8 Å². The van der Waals surface area contributed by atoms with Crippen molar-refractivity contribution in [2.24, 2.45) is 0 Å². The number of nitrogens with zero attached hydrogens (tertiary/aromatic N) is 1. The van der Waals surface area contributed by atoms with Crippen molar-refractivity contribution < 1.29 is 14.7 Å². The number of hydrogen-bond acceptors (Lipinski definition) is 2. The lowest BCUT2D eigenvalue weighted by Crippen LogP contribution is -2.16. The third-order valence-electron chi connectivity index (χ3n) is 3.63. The van der Waals surface area contributed by atoms with Gasteiger partial charge in [0.1, 0.15) is 5.69 Å². The van der Waals surface area contributed by atoms with E-state index < -0.39 is 5.97 Å². The molecule has 0 saturated carbocycles. The van der Waals surface area contributed by atoms with Crippen LogP contribution in [0.3, 0.4) is 0 Å². The topological polar surface area (TPSA) is 71.3 Å². The van der Waals surface area contributed by atoms with Crippen molar-refractivity contribution in [3.8, 4) is 0 Å². The summed E-state index contributed by atoms with van der Waals surface area (Å²) >= 11 is 0. The standard InChI is InChI=1S/C18H22N2O3/c21-17(22)12-6-1-2-7-13-20-14-8-11-16(20)18(23)19-15-9-4-3-5-10-15/h3-5,8-11,14H,1-2,6-7,12-13H2,(H,19,23)(H,21,22). The molecular formula is C18H22N2O3. The Kier molecular flexibility index (Phi) is 6.41. The van der Waals surface area contributed by atoms with E-state index in [1.54, 1.807) is 0 Å². The number of benzene rings is 1. The minimum absolute atomic E-state index is 0.118. The number of anilines is 1. The highest BCUT2D eigenvalue weighted by Crippen LogP contribution is 2.11. The summed E-state index contributed by atoms with van der Waals surface area (Å²) in [4.78, 5) is 22.7. The van der Waals surface area contributed by atoms with Crippen LogP contribution in [0.1, 0.15) is 42.6 Å². The molecule has 0 saturated heterocycles. The van der Waals surface area contributed by atoms with Crippen molar-refractivity contribution in [2.45, 2.75) is 38.6 Å². The molecule has 23 heavy (non-hydrogen) atoms. The van der Waals surface area contributed by atoms with Crippen LogP contribution in [0.2, 0.25) is 0 Å². The summed E-state index contributed by atoms with van der Waals surface area (Å²) in [6.45, 7) is 0.762. The summed E-state index contributed by atoms with van der Waals surface area (Å²) in [5, 5.41) is 11.5. The average Bonchev–Trinajstić information content (AvgIpc) is 3.00. The number of carbonyl (C=O) groups excluding carboxylic acids is 1. The number of unbranched alkanes of at least 4 members (excludes halogenated alkanes) is 3. The number of carbonyl (C=O) groups is 2. The van der Waals surface area contributed by atoms with E-state index in [1.807, 2.05) is 53.2 Å². The fourth-order valence-electron chi connectivity index (χ4n) is 2.44. The second-order valence-electron chi connectivity index (χ2n) is 5.46. The maximum Gasteiger partial charge on any atom is 0.303 e. The van der Waals surface area contributed by atoms with Gasteiger partial charge in [0.05, 0.1) is 0 Å². The van der Waals surface area contributed by atoms with Crippen LogP contribution in [-0.2, 0) is 11.3 Å². The largest absolute Gasteiger partial charge is 0.481 e. The minimum atomic E-state index is -0.740. The van der Waals surface area contributed by atoms with Crippen molar-refractivity contribution in [2.75, 3.05) is 5.32 Å². The van der Waals surface area contributed by atoms with Crippen molar-refractivity contribution in [1.29, 1.82) is 0 Å². The lowest BCUT2D eigenvalue weighted by Gasteiger charge is -2.10. The van der Waals surface area contributed by atoms with Crippen molar-refractivity contribution in [3.63, 3.8) is 0 Å². The van der Waals surface area contributed by atoms with E-state index in [0.717, 1.165) is 31.5 Å². The molecule has 0 unspecified atom stereocenters. The van der Waals surface area contributed by atoms with Crippen LogP contribution in [0.4, 0.5) is 5.69 Å². The van der Waals surface area contributed by atoms with Gasteiger partial charge < -0.3 is 15.0 Å². The molecule has 0 aliphatic rings. The van der Waals surface area contributed by atoms with Crippen LogP contribution in [-0.4, -0.2) is 21.6 Å². The molecule has 0 atom stereocenters. The molecule has 0 spiro atoms. The van der Waals surface area contributed by atoms with Crippen LogP contribution in [0.5, 0.6) is 0 Å². The first-order valence-corrected chi connectivity index (χ1v) is 7.90. The van der Waals surface area contributed by atoms with Crippen LogP contribution in [0.15, 0.2) is 48.7 Å². The first-order chi connectivity index (χ1) is 11.2. The third kappa shape index (κ3) is 5.62. The molecule has 0 fully saturated rings. The summed E-state index contributed by atoms with van der Waals surface area (Å²) in [7, 11) is 0. The van der Waals surface area contributed by atoms with E-state index in [4.69, 9.17) is 5.11 Å². The zero-order chi connectivity index (χ0) is 16.5. The summed E-state index contributed by atoms with van der Waals surface area (Å²) < 4.78 is 1.94. The highest BCUT2D eigenvalue weighted by Gasteiger charge is 2.10. The lowest BCUT2D eigenvalue weighted by molar-refractivity contribution is -0.137. The summed E-state index contributed by atoms with van der Waals surface area (Å²) in [5.41, 5.74) is 1.42. The first kappa shape index (κ1) is 16.8. The molecule has 2 rings (SSSR count). The summed E-state index contributed by atoms with van der Waals surface area (Å²) in [6, 6.07) is 13.1. The minimum Gasteiger partial charge on any atom is -0.481 e. The molecule has 0 bridgehead atoms. The first-order valence-electron chi connectivity index (χ1n) is 7.90. The Morgan fingerprint density at radius 2 is 1.70 bits per heavy atom. The number of hydrogen-bond donors (Lipinski definition) is 2. The third-order valence-corrected chi connectivity index (χ3v) is 3.63. The molecule has 0 radical (unpaired) electrons. The number of aromatic nitrogens is 1. The van der Waals surface area contributed by atoms with Gasteiger partial charge in [-0.15, -0.1) is 0 Å². The Bertz CT molecular complexity index is 635. The second-order valence-corrected chi connectivity index (χ2v) is 5.46. The van der Waals surface area contributed by atoms with Crippen LogP contribution >= 0.6 is 0 Å². The number of rotatable bonds is 9. The number of amides is 1. The number of para-hydroxylation sites is 1. The monoisotopic (exact) mass is 314 g/mol. The molecule has 0 aliphatic carbocycles. The number of carboxylic acids is 1. The summed E-state index contributed by atoms with van der Waals surface area (Å²) in [6.07, 6.45) is 5.64. The molecular weight excluding hydrogens is 292 g/mol. The van der Waals surface area contributed by atoms with E-state index in [9.17, 15) is 9.59 Å². The zero-order valence-electron chi connectivity index (χ0n) is 13.1. The van der Waals surface area contributed by atoms with Gasteiger partial charge in [-0.3, -0.25) is 9.59 Å². The van der Waals surface area contributed by atoms with Gasteiger partial charge in [-0.25, -0.2) is 0 Å². The normalized spacial score (nSPS) is 10.4. The lowest BCUT2D eigenvalue weighted by atomic mass is 10.1. The zero-order valence-corrected chi connectivity index (χ0v) is 13.1. The van der Waals surface area contributed by atoms with Crippen LogP contribution < -0.4 is 5.32 Å². The Morgan fingerprint density at radius 3 is 2.43 bits per heavy atom. The molecule has 1 amide bonds. The van der Waals surface area contributed by atoms with Crippen molar-refractivity contribution in [1.82, 2.24) is 4.57 Å². The molecule has 1 aromatic carbocycles. The van der Waals surface area contributed by atoms with Crippen LogP contribution in [0, 0.1) is 0 Å². The fraction of sp³-hybridized carbons (Fsp3) is 0.333. The molecule has 2 aromatic rings. The molecule has 1 heterocycles. The Labute approximate surface area is 135 Å². The quantitative estimate of drug-likeness (QED) is 0.692. The van der Waals surface area contributed by atoms with Gasteiger partial charge in [-0.1, -0.05) is 31.0 Å². The van der Waals surface area contributed by atoms with Gasteiger partial charge in [0.2, 0.25) is 0 Å². The molecule has 5 nitrogen and oxygen atoms in total. The van der Waals surface area contributed by atoms with E-state index in [2.05, 4.69) is 5.32 Å². The molecule has 0 aliphatic heterocycles. The van der Waals surface area contributed by atoms with Gasteiger partial charge in [-0.05, 0) is 37.1 Å². The van der Waals surface area contributed by atoms with E-state index in [-0.39, 0.29) is 12.3 Å². The highest BCUT2D eigenvalue weighted by atomic mass is 16.4. The van der Waals surface area contributed by atoms with Gasteiger partial charge in [0.15, 0.2) is 0 Å². The van der Waals surface area contributed by atoms with Crippen LogP contribution in [0.25, 0.3) is 0 Å². The maximum absolute atomic E-state index is 12.3. The van der Waals surface area contributed by atoms with Crippen molar-refractivity contribution >= 4 is 17.6 Å². The van der Waals surface area contributed by atoms with Gasteiger partial charge in [0.25, 0.3) is 5.91 Å². The smallest absolute Gasteiger partial charge is 0.303 e. The van der Waals surface area contributed by atoms with Gasteiger partial charge >= 0.3 is 5.97 Å². The Balaban J connectivity index is 1.80. The van der Waals surface area contributed by atoms with Crippen molar-refractivity contribution in [3.05, 3.63) is 54.4 Å². The number of nitrogens with one attached hydrogen (secondary N) is 1. The van der Waals surface area contributed by atoms with E-state index in [1.165, 1.54) is 0 Å².